The minimum atomic E-state index is -0.0143. The summed E-state index contributed by atoms with van der Waals surface area (Å²) in [7, 11) is 0. The lowest BCUT2D eigenvalue weighted by Gasteiger charge is -2.19. The number of pyridine rings is 1. The molecule has 0 aliphatic heterocycles. The summed E-state index contributed by atoms with van der Waals surface area (Å²) in [6.45, 7) is 0. The summed E-state index contributed by atoms with van der Waals surface area (Å²) in [5, 5.41) is 10.1. The van der Waals surface area contributed by atoms with E-state index < -0.39 is 0 Å². The highest BCUT2D eigenvalue weighted by Gasteiger charge is 2.24. The fourth-order valence-electron chi connectivity index (χ4n) is 1.68. The summed E-state index contributed by atoms with van der Waals surface area (Å²) in [6, 6.07) is 3.28. The zero-order valence-corrected chi connectivity index (χ0v) is 9.17. The van der Waals surface area contributed by atoms with Gasteiger partial charge in [-0.15, -0.1) is 0 Å². The van der Waals surface area contributed by atoms with Gasteiger partial charge in [0.2, 0.25) is 0 Å². The maximum absolute atomic E-state index is 11.6. The van der Waals surface area contributed by atoms with Gasteiger partial charge in [0.25, 0.3) is 0 Å². The summed E-state index contributed by atoms with van der Waals surface area (Å²) in [5.41, 5.74) is 0. The third-order valence-corrected chi connectivity index (χ3v) is 3.82. The molecule has 80 valence electrons. The molecule has 0 amide bonds. The topological polar surface area (TPSA) is 50.2 Å². The molecule has 1 atom stereocenters. The number of carbonyl (C=O) groups is 1. The van der Waals surface area contributed by atoms with Crippen LogP contribution in [0.25, 0.3) is 0 Å². The first-order valence-electron chi connectivity index (χ1n) is 5.11. The van der Waals surface area contributed by atoms with Gasteiger partial charge in [0.05, 0.1) is 5.25 Å². The number of carbonyl (C=O) groups excluding carboxylic acids is 1. The predicted octanol–water partition coefficient (Wildman–Crippen LogP) is 2.39. The molecule has 1 N–H and O–H groups in total. The fraction of sp³-hybridized carbons (Fsp3) is 0.455. The summed E-state index contributed by atoms with van der Waals surface area (Å²) >= 11 is 1.39. The van der Waals surface area contributed by atoms with Crippen LogP contribution in [0.3, 0.4) is 0 Å². The number of aromatic nitrogens is 1. The smallest absolute Gasteiger partial charge is 0.147 e. The van der Waals surface area contributed by atoms with Crippen molar-refractivity contribution in [2.45, 2.75) is 36.0 Å². The Morgan fingerprint density at radius 2 is 2.33 bits per heavy atom. The molecule has 1 unspecified atom stereocenters. The molecule has 2 rings (SSSR count). The minimum absolute atomic E-state index is 0.0143. The number of thioether (sulfide) groups is 1. The number of nitrogens with zero attached hydrogens (tertiary/aromatic N) is 1. The number of ketones is 1. The zero-order chi connectivity index (χ0) is 10.7. The molecule has 0 aromatic carbocycles. The monoisotopic (exact) mass is 223 g/mol. The molecule has 1 aliphatic carbocycles. The Morgan fingerprint density at radius 1 is 1.47 bits per heavy atom. The maximum Gasteiger partial charge on any atom is 0.147 e. The van der Waals surface area contributed by atoms with Crippen LogP contribution in [0.4, 0.5) is 0 Å². The molecule has 1 aliphatic rings. The quantitative estimate of drug-likeness (QED) is 0.836. The van der Waals surface area contributed by atoms with E-state index in [9.17, 15) is 9.90 Å². The molecule has 1 saturated carbocycles. The molecule has 0 saturated heterocycles. The molecule has 1 fully saturated rings. The van der Waals surface area contributed by atoms with Crippen molar-refractivity contribution in [3.63, 3.8) is 0 Å². The van der Waals surface area contributed by atoms with Crippen LogP contribution in [0.1, 0.15) is 25.7 Å². The summed E-state index contributed by atoms with van der Waals surface area (Å²) in [4.78, 5) is 15.6. The number of hydrogen-bond acceptors (Lipinski definition) is 4. The molecule has 1 aromatic heterocycles. The van der Waals surface area contributed by atoms with Gasteiger partial charge >= 0.3 is 0 Å². The zero-order valence-electron chi connectivity index (χ0n) is 8.35. The average Bonchev–Trinajstić information content (AvgIpc) is 2.24. The van der Waals surface area contributed by atoms with Gasteiger partial charge in [-0.05, 0) is 25.0 Å². The average molecular weight is 223 g/mol. The van der Waals surface area contributed by atoms with Crippen LogP contribution < -0.4 is 0 Å². The van der Waals surface area contributed by atoms with Gasteiger partial charge in [-0.1, -0.05) is 18.2 Å². The molecule has 0 spiro atoms. The Labute approximate surface area is 92.9 Å². The lowest BCUT2D eigenvalue weighted by atomic mass is 9.99. The highest BCUT2D eigenvalue weighted by Crippen LogP contribution is 2.34. The highest BCUT2D eigenvalue weighted by molar-refractivity contribution is 8.00. The van der Waals surface area contributed by atoms with Gasteiger partial charge in [-0.2, -0.15) is 0 Å². The molecule has 0 bridgehead atoms. The SMILES string of the molecule is O=C1CCCCC1Sc1ncccc1O. The molecule has 15 heavy (non-hydrogen) atoms. The van der Waals surface area contributed by atoms with E-state index in [1.807, 2.05) is 0 Å². The molecule has 1 aromatic rings. The van der Waals surface area contributed by atoms with Crippen molar-refractivity contribution in [2.75, 3.05) is 0 Å². The Balaban J connectivity index is 2.08. The van der Waals surface area contributed by atoms with Crippen LogP contribution in [-0.4, -0.2) is 21.1 Å². The maximum atomic E-state index is 11.6. The Bertz CT molecular complexity index is 367. The van der Waals surface area contributed by atoms with Crippen molar-refractivity contribution in [2.24, 2.45) is 0 Å². The van der Waals surface area contributed by atoms with Crippen molar-refractivity contribution in [3.8, 4) is 5.75 Å². The first-order valence-corrected chi connectivity index (χ1v) is 5.98. The van der Waals surface area contributed by atoms with Crippen molar-refractivity contribution in [1.29, 1.82) is 0 Å². The van der Waals surface area contributed by atoms with Crippen LogP contribution in [-0.2, 0) is 4.79 Å². The van der Waals surface area contributed by atoms with Crippen molar-refractivity contribution < 1.29 is 9.90 Å². The number of aromatic hydroxyl groups is 1. The molecular weight excluding hydrogens is 210 g/mol. The number of Topliss-reactive ketones (excluding diaryl/α,β-unsaturated/α-hetero) is 1. The normalized spacial score (nSPS) is 21.6. The third-order valence-electron chi connectivity index (χ3n) is 2.50. The van der Waals surface area contributed by atoms with Gasteiger partial charge in [-0.25, -0.2) is 4.98 Å². The second kappa shape index (κ2) is 4.66. The van der Waals surface area contributed by atoms with Crippen LogP contribution in [0.2, 0.25) is 0 Å². The van der Waals surface area contributed by atoms with E-state index in [1.54, 1.807) is 18.3 Å². The van der Waals surface area contributed by atoms with Gasteiger partial charge in [0, 0.05) is 12.6 Å². The van der Waals surface area contributed by atoms with E-state index in [4.69, 9.17) is 0 Å². The van der Waals surface area contributed by atoms with Gasteiger partial charge in [0.15, 0.2) is 0 Å². The van der Waals surface area contributed by atoms with E-state index in [1.165, 1.54) is 11.8 Å². The third kappa shape index (κ3) is 2.50. The van der Waals surface area contributed by atoms with Gasteiger partial charge < -0.3 is 5.11 Å². The molecule has 1 heterocycles. The molecular formula is C11H13NO2S. The van der Waals surface area contributed by atoms with Crippen LogP contribution in [0.15, 0.2) is 23.4 Å². The summed E-state index contributed by atoms with van der Waals surface area (Å²) < 4.78 is 0. The summed E-state index contributed by atoms with van der Waals surface area (Å²) in [6.07, 6.45) is 5.31. The molecule has 0 radical (unpaired) electrons. The lowest BCUT2D eigenvalue weighted by Crippen LogP contribution is -2.21. The Hall–Kier alpha value is -1.03. The van der Waals surface area contributed by atoms with Crippen LogP contribution >= 0.6 is 11.8 Å². The van der Waals surface area contributed by atoms with E-state index in [-0.39, 0.29) is 16.8 Å². The molecule has 4 heteroatoms. The molecule has 3 nitrogen and oxygen atoms in total. The largest absolute Gasteiger partial charge is 0.505 e. The highest BCUT2D eigenvalue weighted by atomic mass is 32.2. The lowest BCUT2D eigenvalue weighted by molar-refractivity contribution is -0.119. The van der Waals surface area contributed by atoms with Crippen molar-refractivity contribution in [3.05, 3.63) is 18.3 Å². The summed E-state index contributed by atoms with van der Waals surface area (Å²) in [5.74, 6) is 0.456. The Kier molecular flexibility index (Phi) is 3.26. The van der Waals surface area contributed by atoms with E-state index in [0.29, 0.717) is 11.4 Å². The second-order valence-corrected chi connectivity index (χ2v) is 4.84. The van der Waals surface area contributed by atoms with E-state index >= 15 is 0 Å². The number of hydrogen-bond donors (Lipinski definition) is 1. The fourth-order valence-corrected chi connectivity index (χ4v) is 2.80. The Morgan fingerprint density at radius 3 is 3.07 bits per heavy atom. The first-order chi connectivity index (χ1) is 7.27. The van der Waals surface area contributed by atoms with Crippen molar-refractivity contribution >= 4 is 17.5 Å². The van der Waals surface area contributed by atoms with Crippen LogP contribution in [0.5, 0.6) is 5.75 Å². The van der Waals surface area contributed by atoms with Crippen molar-refractivity contribution in [1.82, 2.24) is 4.98 Å². The van der Waals surface area contributed by atoms with E-state index in [2.05, 4.69) is 4.98 Å². The van der Waals surface area contributed by atoms with Gasteiger partial charge in [0.1, 0.15) is 16.6 Å². The first kappa shape index (κ1) is 10.5. The second-order valence-electron chi connectivity index (χ2n) is 3.65. The standard InChI is InChI=1S/C11H13NO2S/c13-8-4-1-2-6-10(8)15-11-9(14)5-3-7-12-11/h3,5,7,10,14H,1-2,4,6H2. The number of rotatable bonds is 2. The van der Waals surface area contributed by atoms with Gasteiger partial charge in [-0.3, -0.25) is 4.79 Å². The predicted molar refractivity (Wildman–Crippen MR) is 59.0 cm³/mol. The minimum Gasteiger partial charge on any atom is -0.505 e. The van der Waals surface area contributed by atoms with E-state index in [0.717, 1.165) is 19.3 Å². The van der Waals surface area contributed by atoms with Crippen LogP contribution in [0, 0.1) is 0 Å².